The number of anilines is 1. The first-order valence-electron chi connectivity index (χ1n) is 8.95. The van der Waals surface area contributed by atoms with Crippen LogP contribution >= 0.6 is 11.6 Å². The van der Waals surface area contributed by atoms with Crippen LogP contribution in [-0.4, -0.2) is 18.9 Å². The third kappa shape index (κ3) is 3.75. The van der Waals surface area contributed by atoms with Crippen LogP contribution in [0.5, 0.6) is 0 Å². The monoisotopic (exact) mass is 370 g/mol. The Labute approximate surface area is 158 Å². The SMILES string of the molecule is CNC(=O)C1(c2ccc(NC(=O)c3cccc(Cl)c3)cc2)CCCCC1. The standard InChI is InChI=1S/C21H23ClN2O2/c1-23-20(26)21(12-3-2-4-13-21)16-8-10-18(11-9-16)24-19(25)15-6-5-7-17(22)14-15/h5-11,14H,2-4,12-13H2,1H3,(H,23,26)(H,24,25). The minimum absolute atomic E-state index is 0.0768. The summed E-state index contributed by atoms with van der Waals surface area (Å²) in [5.41, 5.74) is 1.76. The number of nitrogens with one attached hydrogen (secondary N) is 2. The molecule has 136 valence electrons. The Morgan fingerprint density at radius 1 is 1.00 bits per heavy atom. The van der Waals surface area contributed by atoms with E-state index in [2.05, 4.69) is 10.6 Å². The summed E-state index contributed by atoms with van der Waals surface area (Å²) in [6, 6.07) is 14.5. The highest BCUT2D eigenvalue weighted by Gasteiger charge is 2.40. The van der Waals surface area contributed by atoms with Gasteiger partial charge in [0.2, 0.25) is 5.91 Å². The fourth-order valence-corrected chi connectivity index (χ4v) is 3.94. The summed E-state index contributed by atoms with van der Waals surface area (Å²) in [7, 11) is 1.69. The number of hydrogen-bond donors (Lipinski definition) is 2. The van der Waals surface area contributed by atoms with E-state index in [-0.39, 0.29) is 11.8 Å². The number of carbonyl (C=O) groups excluding carboxylic acids is 2. The van der Waals surface area contributed by atoms with E-state index in [1.165, 1.54) is 6.42 Å². The molecule has 1 aliphatic carbocycles. The molecule has 2 N–H and O–H groups in total. The zero-order valence-corrected chi connectivity index (χ0v) is 15.6. The highest BCUT2D eigenvalue weighted by atomic mass is 35.5. The van der Waals surface area contributed by atoms with Crippen LogP contribution in [0, 0.1) is 0 Å². The van der Waals surface area contributed by atoms with Crippen LogP contribution in [0.3, 0.4) is 0 Å². The van der Waals surface area contributed by atoms with Crippen LogP contribution in [0.1, 0.15) is 48.0 Å². The Hall–Kier alpha value is -2.33. The third-order valence-corrected chi connectivity index (χ3v) is 5.39. The number of rotatable bonds is 4. The molecule has 1 aliphatic rings. The molecule has 4 nitrogen and oxygen atoms in total. The van der Waals surface area contributed by atoms with Crippen molar-refractivity contribution in [2.75, 3.05) is 12.4 Å². The van der Waals surface area contributed by atoms with E-state index in [9.17, 15) is 9.59 Å². The molecule has 1 fully saturated rings. The van der Waals surface area contributed by atoms with E-state index in [0.29, 0.717) is 16.3 Å². The van der Waals surface area contributed by atoms with Crippen LogP contribution in [0.2, 0.25) is 5.02 Å². The van der Waals surface area contributed by atoms with Gasteiger partial charge in [0.25, 0.3) is 5.91 Å². The lowest BCUT2D eigenvalue weighted by molar-refractivity contribution is -0.127. The molecular weight excluding hydrogens is 348 g/mol. The molecule has 0 aliphatic heterocycles. The van der Waals surface area contributed by atoms with E-state index in [1.54, 1.807) is 31.3 Å². The number of likely N-dealkylation sites (N-methyl/N-ethyl adjacent to an activating group) is 1. The van der Waals surface area contributed by atoms with E-state index in [4.69, 9.17) is 11.6 Å². The molecule has 1 saturated carbocycles. The molecule has 5 heteroatoms. The molecule has 0 unspecified atom stereocenters. The Morgan fingerprint density at radius 3 is 2.31 bits per heavy atom. The van der Waals surface area contributed by atoms with Crippen molar-refractivity contribution in [2.45, 2.75) is 37.5 Å². The highest BCUT2D eigenvalue weighted by Crippen LogP contribution is 2.40. The average molecular weight is 371 g/mol. The van der Waals surface area contributed by atoms with Crippen molar-refractivity contribution in [3.63, 3.8) is 0 Å². The van der Waals surface area contributed by atoms with E-state index < -0.39 is 5.41 Å². The van der Waals surface area contributed by atoms with Gasteiger partial charge in [0.15, 0.2) is 0 Å². The number of halogens is 1. The van der Waals surface area contributed by atoms with Gasteiger partial charge < -0.3 is 10.6 Å². The van der Waals surface area contributed by atoms with Gasteiger partial charge >= 0.3 is 0 Å². The minimum Gasteiger partial charge on any atom is -0.358 e. The first kappa shape index (κ1) is 18.5. The zero-order chi connectivity index (χ0) is 18.6. The molecule has 2 aromatic carbocycles. The van der Waals surface area contributed by atoms with Crippen LogP contribution in [0.4, 0.5) is 5.69 Å². The third-order valence-electron chi connectivity index (χ3n) is 5.15. The highest BCUT2D eigenvalue weighted by molar-refractivity contribution is 6.31. The van der Waals surface area contributed by atoms with Gasteiger partial charge in [-0.2, -0.15) is 0 Å². The van der Waals surface area contributed by atoms with Gasteiger partial charge in [0, 0.05) is 23.3 Å². The summed E-state index contributed by atoms with van der Waals surface area (Å²) in [4.78, 5) is 24.9. The lowest BCUT2D eigenvalue weighted by Gasteiger charge is -2.36. The van der Waals surface area contributed by atoms with E-state index in [0.717, 1.165) is 31.2 Å². The predicted molar refractivity (Wildman–Crippen MR) is 105 cm³/mol. The molecule has 0 atom stereocenters. The maximum absolute atomic E-state index is 12.6. The molecule has 2 aromatic rings. The van der Waals surface area contributed by atoms with E-state index >= 15 is 0 Å². The van der Waals surface area contributed by atoms with Gasteiger partial charge in [0.1, 0.15) is 0 Å². The lowest BCUT2D eigenvalue weighted by atomic mass is 9.68. The largest absolute Gasteiger partial charge is 0.358 e. The van der Waals surface area contributed by atoms with Crippen LogP contribution in [0.25, 0.3) is 0 Å². The molecule has 0 radical (unpaired) electrons. The number of carbonyl (C=O) groups is 2. The summed E-state index contributed by atoms with van der Waals surface area (Å²) >= 11 is 5.94. The second-order valence-corrected chi connectivity index (χ2v) is 7.20. The van der Waals surface area contributed by atoms with Crippen molar-refractivity contribution in [2.24, 2.45) is 0 Å². The zero-order valence-electron chi connectivity index (χ0n) is 14.8. The molecule has 0 bridgehead atoms. The normalized spacial score (nSPS) is 15.9. The second-order valence-electron chi connectivity index (χ2n) is 6.76. The number of benzene rings is 2. The Kier molecular flexibility index (Phi) is 5.62. The smallest absolute Gasteiger partial charge is 0.255 e. The summed E-state index contributed by atoms with van der Waals surface area (Å²) in [6.45, 7) is 0. The summed E-state index contributed by atoms with van der Waals surface area (Å²) in [6.07, 6.45) is 5.01. The van der Waals surface area contributed by atoms with Crippen molar-refractivity contribution in [1.29, 1.82) is 0 Å². The molecule has 3 rings (SSSR count). The topological polar surface area (TPSA) is 58.2 Å². The Bertz CT molecular complexity index is 796. The van der Waals surface area contributed by atoms with Crippen molar-refractivity contribution in [3.05, 3.63) is 64.7 Å². The van der Waals surface area contributed by atoms with E-state index in [1.807, 2.05) is 24.3 Å². The van der Waals surface area contributed by atoms with Crippen molar-refractivity contribution >= 4 is 29.1 Å². The van der Waals surface area contributed by atoms with Crippen LogP contribution < -0.4 is 10.6 Å². The maximum Gasteiger partial charge on any atom is 0.255 e. The molecule has 0 heterocycles. The van der Waals surface area contributed by atoms with Crippen LogP contribution in [0.15, 0.2) is 48.5 Å². The molecule has 0 saturated heterocycles. The molecule has 26 heavy (non-hydrogen) atoms. The Morgan fingerprint density at radius 2 is 1.69 bits per heavy atom. The van der Waals surface area contributed by atoms with Crippen LogP contribution in [-0.2, 0) is 10.2 Å². The summed E-state index contributed by atoms with van der Waals surface area (Å²) in [5.74, 6) is -0.133. The van der Waals surface area contributed by atoms with Gasteiger partial charge in [-0.25, -0.2) is 0 Å². The van der Waals surface area contributed by atoms with Gasteiger partial charge in [-0.15, -0.1) is 0 Å². The van der Waals surface area contributed by atoms with Gasteiger partial charge in [-0.3, -0.25) is 9.59 Å². The van der Waals surface area contributed by atoms with Crippen molar-refractivity contribution in [3.8, 4) is 0 Å². The molecule has 2 amide bonds. The fourth-order valence-electron chi connectivity index (χ4n) is 3.75. The van der Waals surface area contributed by atoms with Gasteiger partial charge in [-0.1, -0.05) is 49.1 Å². The average Bonchev–Trinajstić information content (AvgIpc) is 2.68. The maximum atomic E-state index is 12.6. The molecule has 0 aromatic heterocycles. The number of hydrogen-bond acceptors (Lipinski definition) is 2. The minimum atomic E-state index is -0.456. The molecule has 0 spiro atoms. The fraction of sp³-hybridized carbons (Fsp3) is 0.333. The Balaban J connectivity index is 1.79. The first-order chi connectivity index (χ1) is 12.5. The van der Waals surface area contributed by atoms with Gasteiger partial charge in [-0.05, 0) is 48.7 Å². The molecular formula is C21H23ClN2O2. The first-order valence-corrected chi connectivity index (χ1v) is 9.33. The number of amides is 2. The predicted octanol–water partition coefficient (Wildman–Crippen LogP) is 4.54. The summed E-state index contributed by atoms with van der Waals surface area (Å²) < 4.78 is 0. The lowest BCUT2D eigenvalue weighted by Crippen LogP contribution is -2.44. The quantitative estimate of drug-likeness (QED) is 0.830. The second kappa shape index (κ2) is 7.92. The van der Waals surface area contributed by atoms with Crippen molar-refractivity contribution < 1.29 is 9.59 Å². The summed E-state index contributed by atoms with van der Waals surface area (Å²) in [5, 5.41) is 6.23. The van der Waals surface area contributed by atoms with Gasteiger partial charge in [0.05, 0.1) is 5.41 Å². The van der Waals surface area contributed by atoms with Crippen molar-refractivity contribution in [1.82, 2.24) is 5.32 Å².